The second-order valence-corrected chi connectivity index (χ2v) is 6.60. The van der Waals surface area contributed by atoms with Gasteiger partial charge >= 0.3 is 0 Å². The average Bonchev–Trinajstić information content (AvgIpc) is 2.40. The van der Waals surface area contributed by atoms with E-state index in [-0.39, 0.29) is 0 Å². The van der Waals surface area contributed by atoms with Crippen LogP contribution in [0.1, 0.15) is 31.2 Å². The lowest BCUT2D eigenvalue weighted by molar-refractivity contribution is 0.475. The Morgan fingerprint density at radius 1 is 1.39 bits per heavy atom. The van der Waals surface area contributed by atoms with Crippen molar-refractivity contribution in [2.24, 2.45) is 0 Å². The molecular formula is C14H17BrN2S. The summed E-state index contributed by atoms with van der Waals surface area (Å²) in [6, 6.07) is 8.52. The van der Waals surface area contributed by atoms with Crippen LogP contribution < -0.4 is 5.32 Å². The highest BCUT2D eigenvalue weighted by Gasteiger charge is 2.24. The molecule has 1 fully saturated rings. The van der Waals surface area contributed by atoms with E-state index < -0.39 is 0 Å². The summed E-state index contributed by atoms with van der Waals surface area (Å²) in [5, 5.41) is 13.4. The van der Waals surface area contributed by atoms with E-state index >= 15 is 0 Å². The molecule has 2 atom stereocenters. The molecule has 1 saturated carbocycles. The molecule has 2 rings (SSSR count). The first-order chi connectivity index (χ1) is 8.74. The fourth-order valence-corrected chi connectivity index (χ4v) is 3.77. The maximum absolute atomic E-state index is 9.15. The molecular weight excluding hydrogens is 308 g/mol. The lowest BCUT2D eigenvalue weighted by Crippen LogP contribution is -2.34. The Bertz CT molecular complexity index is 456. The molecule has 4 heteroatoms. The van der Waals surface area contributed by atoms with E-state index in [1.807, 2.05) is 30.0 Å². The van der Waals surface area contributed by atoms with Crippen LogP contribution in [0.4, 0.5) is 5.69 Å². The van der Waals surface area contributed by atoms with Gasteiger partial charge in [0.1, 0.15) is 6.07 Å². The van der Waals surface area contributed by atoms with Gasteiger partial charge in [0.2, 0.25) is 0 Å². The van der Waals surface area contributed by atoms with Gasteiger partial charge in [0.05, 0.1) is 11.3 Å². The maximum Gasteiger partial charge on any atom is 0.101 e. The fraction of sp³-hybridized carbons (Fsp3) is 0.500. The standard InChI is InChI=1S/C14H17BrN2S/c1-18-14-5-3-2-4-12(14)17-13-8-11(15)7-6-10(13)9-16/h6-8,12,14,17H,2-5H2,1H3. The van der Waals surface area contributed by atoms with Crippen molar-refractivity contribution in [1.82, 2.24) is 0 Å². The van der Waals surface area contributed by atoms with Crippen LogP contribution in [-0.2, 0) is 0 Å². The Balaban J connectivity index is 2.17. The smallest absolute Gasteiger partial charge is 0.101 e. The lowest BCUT2D eigenvalue weighted by Gasteiger charge is -2.32. The monoisotopic (exact) mass is 324 g/mol. The molecule has 0 aliphatic heterocycles. The van der Waals surface area contributed by atoms with Gasteiger partial charge in [-0.3, -0.25) is 0 Å². The predicted octanol–water partition coefficient (Wildman–Crippen LogP) is 4.41. The molecule has 2 unspecified atom stereocenters. The zero-order valence-corrected chi connectivity index (χ0v) is 12.9. The van der Waals surface area contributed by atoms with E-state index in [0.29, 0.717) is 11.3 Å². The third-order valence-corrected chi connectivity index (χ3v) is 5.11. The van der Waals surface area contributed by atoms with Crippen LogP contribution in [0.3, 0.4) is 0 Å². The summed E-state index contributed by atoms with van der Waals surface area (Å²) in [7, 11) is 0. The maximum atomic E-state index is 9.15. The van der Waals surface area contributed by atoms with Crippen LogP contribution in [0.15, 0.2) is 22.7 Å². The molecule has 0 aromatic heterocycles. The molecule has 1 N–H and O–H groups in total. The van der Waals surface area contributed by atoms with E-state index in [1.54, 1.807) is 0 Å². The molecule has 1 aliphatic carbocycles. The highest BCUT2D eigenvalue weighted by atomic mass is 79.9. The summed E-state index contributed by atoms with van der Waals surface area (Å²) in [6.45, 7) is 0. The third-order valence-electron chi connectivity index (χ3n) is 3.45. The molecule has 1 aromatic carbocycles. The van der Waals surface area contributed by atoms with Gasteiger partial charge in [0.15, 0.2) is 0 Å². The molecule has 0 spiro atoms. The Morgan fingerprint density at radius 3 is 2.89 bits per heavy atom. The number of halogens is 1. The van der Waals surface area contributed by atoms with Crippen LogP contribution in [0.5, 0.6) is 0 Å². The topological polar surface area (TPSA) is 35.8 Å². The van der Waals surface area contributed by atoms with Crippen molar-refractivity contribution in [2.45, 2.75) is 37.0 Å². The van der Waals surface area contributed by atoms with Crippen molar-refractivity contribution >= 4 is 33.4 Å². The largest absolute Gasteiger partial charge is 0.380 e. The van der Waals surface area contributed by atoms with E-state index in [4.69, 9.17) is 5.26 Å². The van der Waals surface area contributed by atoms with Crippen molar-refractivity contribution in [3.05, 3.63) is 28.2 Å². The molecule has 0 bridgehead atoms. The zero-order chi connectivity index (χ0) is 13.0. The van der Waals surface area contributed by atoms with Crippen molar-refractivity contribution in [3.63, 3.8) is 0 Å². The minimum absolute atomic E-state index is 0.482. The molecule has 0 radical (unpaired) electrons. The number of nitrogens with one attached hydrogen (secondary N) is 1. The van der Waals surface area contributed by atoms with Gasteiger partial charge in [-0.2, -0.15) is 17.0 Å². The molecule has 18 heavy (non-hydrogen) atoms. The van der Waals surface area contributed by atoms with Crippen molar-refractivity contribution in [3.8, 4) is 6.07 Å². The van der Waals surface area contributed by atoms with Gasteiger partial charge in [-0.25, -0.2) is 0 Å². The van der Waals surface area contributed by atoms with Gasteiger partial charge in [-0.15, -0.1) is 0 Å². The Kier molecular flexibility index (Phi) is 4.96. The van der Waals surface area contributed by atoms with Crippen molar-refractivity contribution < 1.29 is 0 Å². The molecule has 1 aliphatic rings. The van der Waals surface area contributed by atoms with Crippen LogP contribution in [0, 0.1) is 11.3 Å². The summed E-state index contributed by atoms with van der Waals surface area (Å²) < 4.78 is 1.01. The van der Waals surface area contributed by atoms with E-state index in [2.05, 4.69) is 33.6 Å². The summed E-state index contributed by atoms with van der Waals surface area (Å²) in [4.78, 5) is 0. The van der Waals surface area contributed by atoms with E-state index in [1.165, 1.54) is 25.7 Å². The third kappa shape index (κ3) is 3.21. The summed E-state index contributed by atoms with van der Waals surface area (Å²) in [5.74, 6) is 0. The lowest BCUT2D eigenvalue weighted by atomic mass is 9.94. The van der Waals surface area contributed by atoms with E-state index in [9.17, 15) is 0 Å². The second-order valence-electron chi connectivity index (χ2n) is 4.61. The molecule has 0 heterocycles. The molecule has 2 nitrogen and oxygen atoms in total. The SMILES string of the molecule is CSC1CCCCC1Nc1cc(Br)ccc1C#N. The minimum atomic E-state index is 0.482. The molecule has 96 valence electrons. The number of anilines is 1. The normalized spacial score (nSPS) is 23.4. The minimum Gasteiger partial charge on any atom is -0.380 e. The van der Waals surface area contributed by atoms with Crippen LogP contribution >= 0.6 is 27.7 Å². The molecule has 0 saturated heterocycles. The van der Waals surface area contributed by atoms with Crippen molar-refractivity contribution in [1.29, 1.82) is 5.26 Å². The summed E-state index contributed by atoms with van der Waals surface area (Å²) in [5.41, 5.74) is 1.68. The first-order valence-electron chi connectivity index (χ1n) is 6.23. The van der Waals surface area contributed by atoms with E-state index in [0.717, 1.165) is 15.7 Å². The zero-order valence-electron chi connectivity index (χ0n) is 10.4. The Hall–Kier alpha value is -0.660. The Labute approximate surface area is 121 Å². The molecule has 0 amide bonds. The van der Waals surface area contributed by atoms with Crippen LogP contribution in [0.2, 0.25) is 0 Å². The van der Waals surface area contributed by atoms with Gasteiger partial charge in [-0.05, 0) is 37.3 Å². The van der Waals surface area contributed by atoms with Gasteiger partial charge in [0.25, 0.3) is 0 Å². The fourth-order valence-electron chi connectivity index (χ4n) is 2.48. The highest BCUT2D eigenvalue weighted by molar-refractivity contribution is 9.10. The number of rotatable bonds is 3. The van der Waals surface area contributed by atoms with Crippen molar-refractivity contribution in [2.75, 3.05) is 11.6 Å². The Morgan fingerprint density at radius 2 is 2.17 bits per heavy atom. The first kappa shape index (κ1) is 13.8. The van der Waals surface area contributed by atoms with Crippen LogP contribution in [0.25, 0.3) is 0 Å². The quantitative estimate of drug-likeness (QED) is 0.894. The number of nitriles is 1. The second kappa shape index (κ2) is 6.49. The number of hydrogen-bond donors (Lipinski definition) is 1. The van der Waals surface area contributed by atoms with Gasteiger partial charge in [0, 0.05) is 15.8 Å². The van der Waals surface area contributed by atoms with Gasteiger partial charge in [-0.1, -0.05) is 28.8 Å². The van der Waals surface area contributed by atoms with Crippen LogP contribution in [-0.4, -0.2) is 17.5 Å². The number of nitrogens with zero attached hydrogens (tertiary/aromatic N) is 1. The predicted molar refractivity (Wildman–Crippen MR) is 82.0 cm³/mol. The summed E-state index contributed by atoms with van der Waals surface area (Å²) in [6.07, 6.45) is 7.26. The number of benzene rings is 1. The average molecular weight is 325 g/mol. The first-order valence-corrected chi connectivity index (χ1v) is 8.31. The highest BCUT2D eigenvalue weighted by Crippen LogP contribution is 2.31. The van der Waals surface area contributed by atoms with Gasteiger partial charge < -0.3 is 5.32 Å². The molecule has 1 aromatic rings. The summed E-state index contributed by atoms with van der Waals surface area (Å²) >= 11 is 5.40. The number of thioether (sulfide) groups is 1. The number of hydrogen-bond acceptors (Lipinski definition) is 3.